The van der Waals surface area contributed by atoms with Crippen molar-refractivity contribution < 1.29 is 9.78 Å². The summed E-state index contributed by atoms with van der Waals surface area (Å²) in [5, 5.41) is 2.00. The standard InChI is InChI=1S/C7H10BrNO2S/c1-2-10-11-4-3-6-5-12-7(8)9-6/h5H,2-4H2,1H3. The van der Waals surface area contributed by atoms with Crippen molar-refractivity contribution in [3.8, 4) is 0 Å². The van der Waals surface area contributed by atoms with Crippen LogP contribution in [0.1, 0.15) is 12.6 Å². The second-order valence-electron chi connectivity index (χ2n) is 2.07. The van der Waals surface area contributed by atoms with Gasteiger partial charge in [-0.2, -0.15) is 0 Å². The second kappa shape index (κ2) is 5.64. The van der Waals surface area contributed by atoms with Gasteiger partial charge in [0.1, 0.15) is 0 Å². The van der Waals surface area contributed by atoms with Gasteiger partial charge in [-0.15, -0.1) is 11.3 Å². The number of nitrogens with zero attached hydrogens (tertiary/aromatic N) is 1. The molecule has 0 amide bonds. The van der Waals surface area contributed by atoms with Gasteiger partial charge in [-0.1, -0.05) is 0 Å². The molecule has 0 N–H and O–H groups in total. The molecule has 0 saturated heterocycles. The van der Waals surface area contributed by atoms with Gasteiger partial charge >= 0.3 is 0 Å². The molecule has 0 aromatic carbocycles. The van der Waals surface area contributed by atoms with Gasteiger partial charge in [0, 0.05) is 11.8 Å². The zero-order valence-corrected chi connectivity index (χ0v) is 9.15. The largest absolute Gasteiger partial charge is 0.237 e. The maximum Gasteiger partial charge on any atom is 0.159 e. The molecule has 0 radical (unpaired) electrons. The summed E-state index contributed by atoms with van der Waals surface area (Å²) in [6.07, 6.45) is 0.794. The van der Waals surface area contributed by atoms with Crippen molar-refractivity contribution in [2.45, 2.75) is 13.3 Å². The first-order valence-electron chi connectivity index (χ1n) is 3.67. The van der Waals surface area contributed by atoms with Crippen LogP contribution in [0.3, 0.4) is 0 Å². The highest BCUT2D eigenvalue weighted by Crippen LogP contribution is 2.15. The van der Waals surface area contributed by atoms with E-state index in [2.05, 4.69) is 20.9 Å². The van der Waals surface area contributed by atoms with Crippen LogP contribution in [0.4, 0.5) is 0 Å². The molecule has 0 aliphatic carbocycles. The van der Waals surface area contributed by atoms with Gasteiger partial charge < -0.3 is 0 Å². The van der Waals surface area contributed by atoms with E-state index in [1.165, 1.54) is 0 Å². The summed E-state index contributed by atoms with van der Waals surface area (Å²) in [6, 6.07) is 0. The van der Waals surface area contributed by atoms with Crippen molar-refractivity contribution in [1.82, 2.24) is 4.98 Å². The number of halogens is 1. The highest BCUT2D eigenvalue weighted by atomic mass is 79.9. The van der Waals surface area contributed by atoms with Crippen molar-refractivity contribution in [3.63, 3.8) is 0 Å². The van der Waals surface area contributed by atoms with Crippen molar-refractivity contribution >= 4 is 27.3 Å². The molecular weight excluding hydrogens is 242 g/mol. The number of hydrogen-bond donors (Lipinski definition) is 0. The molecule has 0 aliphatic rings. The SMILES string of the molecule is CCOOCCc1csc(Br)n1. The zero-order chi connectivity index (χ0) is 8.81. The average molecular weight is 252 g/mol. The summed E-state index contributed by atoms with van der Waals surface area (Å²) >= 11 is 4.87. The Morgan fingerprint density at radius 1 is 1.58 bits per heavy atom. The predicted octanol–water partition coefficient (Wildman–Crippen LogP) is 2.42. The predicted molar refractivity (Wildman–Crippen MR) is 51.1 cm³/mol. The van der Waals surface area contributed by atoms with Crippen LogP contribution in [0.15, 0.2) is 9.30 Å². The quantitative estimate of drug-likeness (QED) is 0.458. The van der Waals surface area contributed by atoms with Crippen LogP contribution in [0.2, 0.25) is 0 Å². The molecule has 0 spiro atoms. The van der Waals surface area contributed by atoms with Gasteiger partial charge in [-0.25, -0.2) is 14.8 Å². The lowest BCUT2D eigenvalue weighted by atomic mass is 10.4. The Kier molecular flexibility index (Phi) is 4.75. The van der Waals surface area contributed by atoms with Gasteiger partial charge in [0.05, 0.1) is 18.9 Å². The van der Waals surface area contributed by atoms with Crippen LogP contribution in [0.25, 0.3) is 0 Å². The lowest BCUT2D eigenvalue weighted by molar-refractivity contribution is -0.290. The molecule has 1 aromatic rings. The van der Waals surface area contributed by atoms with E-state index in [1.54, 1.807) is 11.3 Å². The molecule has 12 heavy (non-hydrogen) atoms. The van der Waals surface area contributed by atoms with Crippen LogP contribution < -0.4 is 0 Å². The van der Waals surface area contributed by atoms with E-state index >= 15 is 0 Å². The first kappa shape index (κ1) is 10.1. The van der Waals surface area contributed by atoms with Crippen LogP contribution in [0, 0.1) is 0 Å². The number of aromatic nitrogens is 1. The minimum atomic E-state index is 0.560. The van der Waals surface area contributed by atoms with E-state index in [0.717, 1.165) is 16.0 Å². The van der Waals surface area contributed by atoms with E-state index in [0.29, 0.717) is 13.2 Å². The minimum Gasteiger partial charge on any atom is -0.237 e. The van der Waals surface area contributed by atoms with Gasteiger partial charge in [0.25, 0.3) is 0 Å². The van der Waals surface area contributed by atoms with Crippen molar-refractivity contribution in [2.24, 2.45) is 0 Å². The Morgan fingerprint density at radius 3 is 3.00 bits per heavy atom. The summed E-state index contributed by atoms with van der Waals surface area (Å²) in [4.78, 5) is 13.8. The minimum absolute atomic E-state index is 0.560. The first-order valence-corrected chi connectivity index (χ1v) is 5.34. The summed E-state index contributed by atoms with van der Waals surface area (Å²) < 4.78 is 0.911. The topological polar surface area (TPSA) is 31.4 Å². The van der Waals surface area contributed by atoms with Crippen LogP contribution in [-0.2, 0) is 16.2 Å². The number of hydrogen-bond acceptors (Lipinski definition) is 4. The molecule has 1 rings (SSSR count). The maximum atomic E-state index is 4.85. The molecule has 0 unspecified atom stereocenters. The Balaban J connectivity index is 2.15. The van der Waals surface area contributed by atoms with Gasteiger partial charge in [0.2, 0.25) is 0 Å². The fraction of sp³-hybridized carbons (Fsp3) is 0.571. The lowest BCUT2D eigenvalue weighted by Crippen LogP contribution is -1.99. The monoisotopic (exact) mass is 251 g/mol. The lowest BCUT2D eigenvalue weighted by Gasteiger charge is -1.98. The molecular formula is C7H10BrNO2S. The summed E-state index contributed by atoms with van der Waals surface area (Å²) in [5.74, 6) is 0. The molecule has 1 aromatic heterocycles. The molecule has 0 bridgehead atoms. The Hall–Kier alpha value is 0.0300. The van der Waals surface area contributed by atoms with E-state index in [-0.39, 0.29) is 0 Å². The van der Waals surface area contributed by atoms with E-state index in [1.807, 2.05) is 12.3 Å². The Labute approximate surface area is 83.8 Å². The second-order valence-corrected chi connectivity index (χ2v) is 4.20. The van der Waals surface area contributed by atoms with E-state index < -0.39 is 0 Å². The third kappa shape index (κ3) is 3.62. The van der Waals surface area contributed by atoms with Crippen LogP contribution >= 0.6 is 27.3 Å². The average Bonchev–Trinajstić information content (AvgIpc) is 2.45. The summed E-state index contributed by atoms with van der Waals surface area (Å²) in [5.41, 5.74) is 1.03. The van der Waals surface area contributed by atoms with Gasteiger partial charge in [-0.3, -0.25) is 0 Å². The smallest absolute Gasteiger partial charge is 0.159 e. The fourth-order valence-corrected chi connectivity index (χ4v) is 1.77. The van der Waals surface area contributed by atoms with Gasteiger partial charge in [-0.05, 0) is 22.9 Å². The normalized spacial score (nSPS) is 10.5. The Bertz CT molecular complexity index is 229. The summed E-state index contributed by atoms with van der Waals surface area (Å²) in [6.45, 7) is 3.03. The molecule has 5 heteroatoms. The maximum absolute atomic E-state index is 4.85. The Morgan fingerprint density at radius 2 is 2.42 bits per heavy atom. The number of thiazole rings is 1. The zero-order valence-electron chi connectivity index (χ0n) is 6.75. The molecule has 0 fully saturated rings. The molecule has 0 atom stereocenters. The highest BCUT2D eigenvalue weighted by Gasteiger charge is 1.98. The fourth-order valence-electron chi connectivity index (χ4n) is 0.686. The van der Waals surface area contributed by atoms with Crippen LogP contribution in [-0.4, -0.2) is 18.2 Å². The molecule has 1 heterocycles. The number of rotatable bonds is 5. The summed E-state index contributed by atoms with van der Waals surface area (Å²) in [7, 11) is 0. The molecule has 3 nitrogen and oxygen atoms in total. The third-order valence-corrected chi connectivity index (χ3v) is 2.58. The molecule has 68 valence electrons. The molecule has 0 saturated carbocycles. The third-order valence-electron chi connectivity index (χ3n) is 1.17. The van der Waals surface area contributed by atoms with E-state index in [4.69, 9.17) is 9.78 Å². The molecule has 0 aliphatic heterocycles. The van der Waals surface area contributed by atoms with Crippen molar-refractivity contribution in [1.29, 1.82) is 0 Å². The van der Waals surface area contributed by atoms with Crippen LogP contribution in [0.5, 0.6) is 0 Å². The van der Waals surface area contributed by atoms with E-state index in [9.17, 15) is 0 Å². The van der Waals surface area contributed by atoms with Crippen molar-refractivity contribution in [3.05, 3.63) is 15.0 Å². The van der Waals surface area contributed by atoms with Gasteiger partial charge in [0.15, 0.2) is 3.92 Å². The van der Waals surface area contributed by atoms with Crippen molar-refractivity contribution in [2.75, 3.05) is 13.2 Å². The first-order chi connectivity index (χ1) is 5.83. The highest BCUT2D eigenvalue weighted by molar-refractivity contribution is 9.11.